The van der Waals surface area contributed by atoms with E-state index in [1.165, 1.54) is 25.0 Å². The number of likely N-dealkylation sites (tertiary alicyclic amines) is 1. The molecular weight excluding hydrogens is 198 g/mol. The molecular formula is C14H25NO. The summed E-state index contributed by atoms with van der Waals surface area (Å²) in [5.74, 6) is 0.784. The second-order valence-electron chi connectivity index (χ2n) is 4.89. The minimum Gasteiger partial charge on any atom is -0.381 e. The Kier molecular flexibility index (Phi) is 5.78. The second kappa shape index (κ2) is 6.87. The average molecular weight is 223 g/mol. The molecule has 0 unspecified atom stereocenters. The summed E-state index contributed by atoms with van der Waals surface area (Å²) in [5.41, 5.74) is 1.21. The number of methoxy groups -OCH3 is 1. The molecule has 0 saturated carbocycles. The lowest BCUT2D eigenvalue weighted by atomic mass is 9.87. The Morgan fingerprint density at radius 3 is 2.94 bits per heavy atom. The largest absolute Gasteiger partial charge is 0.381 e. The van der Waals surface area contributed by atoms with Crippen molar-refractivity contribution in [3.8, 4) is 0 Å². The van der Waals surface area contributed by atoms with Gasteiger partial charge < -0.3 is 9.64 Å². The molecule has 0 aromatic rings. The average Bonchev–Trinajstić information content (AvgIpc) is 2.24. The number of ether oxygens (including phenoxy) is 1. The summed E-state index contributed by atoms with van der Waals surface area (Å²) in [6.07, 6.45) is 7.90. The Bertz CT molecular complexity index is 237. The van der Waals surface area contributed by atoms with E-state index in [4.69, 9.17) is 4.74 Å². The van der Waals surface area contributed by atoms with Crippen LogP contribution >= 0.6 is 0 Å². The highest BCUT2D eigenvalue weighted by atomic mass is 16.5. The zero-order valence-electron chi connectivity index (χ0n) is 10.9. The molecule has 2 heteroatoms. The van der Waals surface area contributed by atoms with Gasteiger partial charge in [-0.25, -0.2) is 0 Å². The van der Waals surface area contributed by atoms with E-state index < -0.39 is 0 Å². The number of allylic oxidation sites excluding steroid dienone is 1. The van der Waals surface area contributed by atoms with Crippen molar-refractivity contribution in [2.24, 2.45) is 5.92 Å². The molecule has 16 heavy (non-hydrogen) atoms. The maximum atomic E-state index is 4.99. The molecule has 0 N–H and O–H groups in total. The smallest absolute Gasteiger partial charge is 0.0646 e. The predicted octanol–water partition coefficient (Wildman–Crippen LogP) is 2.87. The van der Waals surface area contributed by atoms with Crippen molar-refractivity contribution in [3.05, 3.63) is 24.3 Å². The number of nitrogens with zero attached hydrogens (tertiary/aromatic N) is 1. The summed E-state index contributed by atoms with van der Waals surface area (Å²) in [5, 5.41) is 0. The Labute approximate surface area is 100.0 Å². The van der Waals surface area contributed by atoms with Crippen molar-refractivity contribution in [1.82, 2.24) is 4.90 Å². The van der Waals surface area contributed by atoms with Crippen LogP contribution in [0, 0.1) is 5.92 Å². The van der Waals surface area contributed by atoms with Gasteiger partial charge in [0.2, 0.25) is 0 Å². The van der Waals surface area contributed by atoms with Gasteiger partial charge in [-0.1, -0.05) is 31.2 Å². The molecule has 1 fully saturated rings. The van der Waals surface area contributed by atoms with Crippen LogP contribution in [0.4, 0.5) is 0 Å². The van der Waals surface area contributed by atoms with Gasteiger partial charge in [-0.05, 0) is 38.8 Å². The molecule has 1 heterocycles. The molecule has 0 bridgehead atoms. The van der Waals surface area contributed by atoms with Gasteiger partial charge in [-0.2, -0.15) is 0 Å². The van der Waals surface area contributed by atoms with Crippen LogP contribution < -0.4 is 0 Å². The number of rotatable bonds is 5. The lowest BCUT2D eigenvalue weighted by Crippen LogP contribution is -2.41. The fraction of sp³-hybridized carbons (Fsp3) is 0.714. The van der Waals surface area contributed by atoms with Crippen molar-refractivity contribution >= 4 is 0 Å². The van der Waals surface area contributed by atoms with Crippen LogP contribution in [0.5, 0.6) is 0 Å². The summed E-state index contributed by atoms with van der Waals surface area (Å²) >= 11 is 0. The van der Waals surface area contributed by atoms with Crippen LogP contribution in [0.15, 0.2) is 24.3 Å². The van der Waals surface area contributed by atoms with Crippen molar-refractivity contribution in [2.75, 3.05) is 27.3 Å². The van der Waals surface area contributed by atoms with Gasteiger partial charge >= 0.3 is 0 Å². The van der Waals surface area contributed by atoms with Gasteiger partial charge in [0.15, 0.2) is 0 Å². The number of hydrogen-bond acceptors (Lipinski definition) is 2. The first-order valence-corrected chi connectivity index (χ1v) is 6.18. The third kappa shape index (κ3) is 4.11. The topological polar surface area (TPSA) is 12.5 Å². The van der Waals surface area contributed by atoms with Crippen LogP contribution in [-0.2, 0) is 4.74 Å². The molecule has 1 rings (SSSR count). The molecule has 2 atom stereocenters. The minimum atomic E-state index is 0.661. The zero-order valence-corrected chi connectivity index (χ0v) is 10.9. The quantitative estimate of drug-likeness (QED) is 0.665. The molecule has 2 nitrogen and oxygen atoms in total. The Balaban J connectivity index is 2.42. The molecule has 1 aliphatic rings. The summed E-state index contributed by atoms with van der Waals surface area (Å²) in [7, 11) is 3.94. The van der Waals surface area contributed by atoms with E-state index in [1.807, 2.05) is 6.08 Å². The van der Waals surface area contributed by atoms with E-state index in [0.717, 1.165) is 12.3 Å². The molecule has 1 saturated heterocycles. The molecule has 0 amide bonds. The van der Waals surface area contributed by atoms with Crippen LogP contribution in [-0.4, -0.2) is 38.3 Å². The van der Waals surface area contributed by atoms with E-state index in [2.05, 4.69) is 31.5 Å². The maximum absolute atomic E-state index is 4.99. The van der Waals surface area contributed by atoms with E-state index in [-0.39, 0.29) is 0 Å². The third-order valence-corrected chi connectivity index (χ3v) is 3.48. The van der Waals surface area contributed by atoms with Crippen molar-refractivity contribution in [1.29, 1.82) is 0 Å². The van der Waals surface area contributed by atoms with Crippen LogP contribution in [0.25, 0.3) is 0 Å². The van der Waals surface area contributed by atoms with Gasteiger partial charge in [0.05, 0.1) is 6.61 Å². The highest BCUT2D eigenvalue weighted by Gasteiger charge is 2.25. The van der Waals surface area contributed by atoms with Crippen LogP contribution in [0.2, 0.25) is 0 Å². The Morgan fingerprint density at radius 1 is 1.56 bits per heavy atom. The molecule has 92 valence electrons. The Hall–Kier alpha value is -0.600. The number of piperidine rings is 1. The fourth-order valence-electron chi connectivity index (χ4n) is 2.46. The molecule has 1 aliphatic heterocycles. The summed E-state index contributed by atoms with van der Waals surface area (Å²) in [6.45, 7) is 8.38. The summed E-state index contributed by atoms with van der Waals surface area (Å²) in [6, 6.07) is 0.661. The lowest BCUT2D eigenvalue weighted by Gasteiger charge is -2.37. The van der Waals surface area contributed by atoms with Gasteiger partial charge in [0.25, 0.3) is 0 Å². The van der Waals surface area contributed by atoms with Crippen molar-refractivity contribution < 1.29 is 4.74 Å². The zero-order chi connectivity index (χ0) is 12.0. The first kappa shape index (κ1) is 13.5. The summed E-state index contributed by atoms with van der Waals surface area (Å²) < 4.78 is 4.99. The predicted molar refractivity (Wildman–Crippen MR) is 69.6 cm³/mol. The lowest BCUT2D eigenvalue weighted by molar-refractivity contribution is 0.131. The number of hydrogen-bond donors (Lipinski definition) is 0. The summed E-state index contributed by atoms with van der Waals surface area (Å²) in [4.78, 5) is 2.48. The monoisotopic (exact) mass is 223 g/mol. The standard InChI is InChI=1S/C14H25NO/c1-12(7-6-10-16-4)11-14-13(2)8-5-9-15(14)3/h6-7,13-14H,1,5,8-11H2,2-4H3/b7-6-/t13-,14-/m0/s1. The SMILES string of the molecule is C=C(/C=C\COC)C[C@H]1[C@@H](C)CCCN1C. The van der Waals surface area contributed by atoms with E-state index in [1.54, 1.807) is 7.11 Å². The van der Waals surface area contributed by atoms with Gasteiger partial charge in [-0.15, -0.1) is 0 Å². The Morgan fingerprint density at radius 2 is 2.31 bits per heavy atom. The highest BCUT2D eigenvalue weighted by molar-refractivity contribution is 5.16. The fourth-order valence-corrected chi connectivity index (χ4v) is 2.46. The van der Waals surface area contributed by atoms with E-state index >= 15 is 0 Å². The maximum Gasteiger partial charge on any atom is 0.0646 e. The minimum absolute atomic E-state index is 0.661. The van der Waals surface area contributed by atoms with Crippen LogP contribution in [0.3, 0.4) is 0 Å². The van der Waals surface area contributed by atoms with E-state index in [9.17, 15) is 0 Å². The van der Waals surface area contributed by atoms with Gasteiger partial charge in [-0.3, -0.25) is 0 Å². The molecule has 0 aliphatic carbocycles. The normalized spacial score (nSPS) is 27.4. The second-order valence-corrected chi connectivity index (χ2v) is 4.89. The van der Waals surface area contributed by atoms with Crippen molar-refractivity contribution in [3.63, 3.8) is 0 Å². The highest BCUT2D eigenvalue weighted by Crippen LogP contribution is 2.26. The third-order valence-electron chi connectivity index (χ3n) is 3.48. The van der Waals surface area contributed by atoms with Crippen LogP contribution in [0.1, 0.15) is 26.2 Å². The molecule has 0 aromatic heterocycles. The molecule has 0 spiro atoms. The van der Waals surface area contributed by atoms with Gasteiger partial charge in [0, 0.05) is 13.2 Å². The van der Waals surface area contributed by atoms with E-state index in [0.29, 0.717) is 12.6 Å². The molecule has 0 aromatic carbocycles. The van der Waals surface area contributed by atoms with Gasteiger partial charge in [0.1, 0.15) is 0 Å². The first-order valence-electron chi connectivity index (χ1n) is 6.18. The first-order chi connectivity index (χ1) is 7.65. The van der Waals surface area contributed by atoms with Crippen molar-refractivity contribution in [2.45, 2.75) is 32.2 Å². The molecule has 0 radical (unpaired) electrons.